The van der Waals surface area contributed by atoms with Crippen molar-refractivity contribution in [1.82, 2.24) is 14.8 Å². The largest absolute Gasteiger partial charge is 0.373 e. The molecule has 2 aliphatic rings. The number of aryl methyl sites for hydroxylation is 1. The van der Waals surface area contributed by atoms with Gasteiger partial charge in [-0.25, -0.2) is 0 Å². The van der Waals surface area contributed by atoms with Crippen molar-refractivity contribution in [3.05, 3.63) is 23.0 Å². The molecule has 0 radical (unpaired) electrons. The van der Waals surface area contributed by atoms with Crippen molar-refractivity contribution in [2.75, 3.05) is 26.2 Å². The Kier molecular flexibility index (Phi) is 6.41. The van der Waals surface area contributed by atoms with Crippen molar-refractivity contribution in [2.45, 2.75) is 78.0 Å². The van der Waals surface area contributed by atoms with Gasteiger partial charge in [-0.3, -0.25) is 9.69 Å². The van der Waals surface area contributed by atoms with E-state index in [0.717, 1.165) is 30.9 Å². The summed E-state index contributed by atoms with van der Waals surface area (Å²) in [5, 5.41) is 3.13. The predicted molar refractivity (Wildman–Crippen MR) is 105 cm³/mol. The second kappa shape index (κ2) is 8.57. The molecule has 5 nitrogen and oxygen atoms in total. The minimum absolute atomic E-state index is 0.0644. The molecule has 1 aromatic heterocycles. The Morgan fingerprint density at radius 1 is 1.15 bits per heavy atom. The Hall–Kier alpha value is -1.33. The van der Waals surface area contributed by atoms with Gasteiger partial charge in [-0.05, 0) is 46.6 Å². The summed E-state index contributed by atoms with van der Waals surface area (Å²) in [5.41, 5.74) is 3.19. The van der Waals surface area contributed by atoms with Gasteiger partial charge in [0.2, 0.25) is 0 Å². The molecule has 146 valence electrons. The number of hydrogen-bond acceptors (Lipinski definition) is 3. The third kappa shape index (κ3) is 4.49. The average molecular weight is 362 g/mol. The number of morpholine rings is 1. The number of nitrogens with one attached hydrogen (secondary N) is 1. The maximum Gasteiger partial charge on any atom is 0.253 e. The molecular weight excluding hydrogens is 326 g/mol. The highest BCUT2D eigenvalue weighted by Crippen LogP contribution is 2.32. The van der Waals surface area contributed by atoms with Crippen LogP contribution in [0.1, 0.15) is 73.7 Å². The van der Waals surface area contributed by atoms with Crippen LogP contribution in [0.4, 0.5) is 0 Å². The van der Waals surface area contributed by atoms with Gasteiger partial charge < -0.3 is 14.6 Å². The molecule has 1 aromatic rings. The molecule has 5 heteroatoms. The molecule has 1 amide bonds. The van der Waals surface area contributed by atoms with Gasteiger partial charge in [0.25, 0.3) is 5.91 Å². The van der Waals surface area contributed by atoms with Gasteiger partial charge >= 0.3 is 0 Å². The Morgan fingerprint density at radius 3 is 2.46 bits per heavy atom. The maximum atomic E-state index is 12.7. The number of amides is 1. The van der Waals surface area contributed by atoms with Crippen LogP contribution >= 0.6 is 0 Å². The van der Waals surface area contributed by atoms with E-state index in [1.165, 1.54) is 37.8 Å². The predicted octanol–water partition coefficient (Wildman–Crippen LogP) is 3.45. The highest BCUT2D eigenvalue weighted by molar-refractivity contribution is 5.95. The fraction of sp³-hybridized carbons (Fsp3) is 0.762. The van der Waals surface area contributed by atoms with Gasteiger partial charge in [0.15, 0.2) is 0 Å². The van der Waals surface area contributed by atoms with E-state index in [2.05, 4.69) is 48.5 Å². The molecule has 2 atom stereocenters. The number of rotatable bonds is 5. The molecule has 1 N–H and O–H groups in total. The molecule has 1 aliphatic heterocycles. The van der Waals surface area contributed by atoms with E-state index in [-0.39, 0.29) is 18.1 Å². The first-order chi connectivity index (χ1) is 12.5. The lowest BCUT2D eigenvalue weighted by molar-refractivity contribution is -0.0672. The summed E-state index contributed by atoms with van der Waals surface area (Å²) >= 11 is 0. The zero-order chi connectivity index (χ0) is 18.7. The van der Waals surface area contributed by atoms with Gasteiger partial charge in [0.05, 0.1) is 17.8 Å². The fourth-order valence-corrected chi connectivity index (χ4v) is 4.80. The van der Waals surface area contributed by atoms with Crippen LogP contribution in [0.5, 0.6) is 0 Å². The van der Waals surface area contributed by atoms with Gasteiger partial charge in [0.1, 0.15) is 0 Å². The Balaban J connectivity index is 1.56. The van der Waals surface area contributed by atoms with Crippen molar-refractivity contribution in [2.24, 2.45) is 0 Å². The van der Waals surface area contributed by atoms with E-state index >= 15 is 0 Å². The number of ether oxygens (including phenoxy) is 1. The zero-order valence-corrected chi connectivity index (χ0v) is 16.9. The van der Waals surface area contributed by atoms with Crippen LogP contribution in [-0.2, 0) is 4.74 Å². The highest BCUT2D eigenvalue weighted by Gasteiger charge is 2.24. The normalized spacial score (nSPS) is 25.4. The van der Waals surface area contributed by atoms with E-state index in [9.17, 15) is 4.79 Å². The van der Waals surface area contributed by atoms with Gasteiger partial charge in [-0.15, -0.1) is 0 Å². The molecule has 0 bridgehead atoms. The monoisotopic (exact) mass is 361 g/mol. The van der Waals surface area contributed by atoms with Crippen LogP contribution in [-0.4, -0.2) is 53.8 Å². The molecule has 2 unspecified atom stereocenters. The fourth-order valence-electron chi connectivity index (χ4n) is 4.80. The Morgan fingerprint density at radius 2 is 1.81 bits per heavy atom. The highest BCUT2D eigenvalue weighted by atomic mass is 16.5. The first kappa shape index (κ1) is 19.4. The summed E-state index contributed by atoms with van der Waals surface area (Å²) in [7, 11) is 0. The summed E-state index contributed by atoms with van der Waals surface area (Å²) in [4.78, 5) is 15.1. The van der Waals surface area contributed by atoms with Crippen molar-refractivity contribution >= 4 is 5.91 Å². The summed E-state index contributed by atoms with van der Waals surface area (Å²) in [6, 6.07) is 2.64. The van der Waals surface area contributed by atoms with Crippen LogP contribution in [0.25, 0.3) is 0 Å². The van der Waals surface area contributed by atoms with Gasteiger partial charge in [-0.2, -0.15) is 0 Å². The third-order valence-electron chi connectivity index (χ3n) is 5.88. The van der Waals surface area contributed by atoms with Crippen LogP contribution in [0, 0.1) is 13.8 Å². The quantitative estimate of drug-likeness (QED) is 0.874. The molecule has 1 saturated carbocycles. The number of carbonyl (C=O) groups is 1. The van der Waals surface area contributed by atoms with E-state index in [4.69, 9.17) is 4.74 Å². The van der Waals surface area contributed by atoms with Crippen LogP contribution in [0.3, 0.4) is 0 Å². The van der Waals surface area contributed by atoms with Crippen LogP contribution in [0.15, 0.2) is 6.07 Å². The molecule has 2 fully saturated rings. The number of nitrogens with zero attached hydrogens (tertiary/aromatic N) is 2. The number of carbonyl (C=O) groups excluding carboxylic acids is 1. The molecule has 1 aliphatic carbocycles. The summed E-state index contributed by atoms with van der Waals surface area (Å²) in [6.45, 7) is 11.9. The number of hydrogen-bond donors (Lipinski definition) is 1. The van der Waals surface area contributed by atoms with E-state index in [1.54, 1.807) is 0 Å². The summed E-state index contributed by atoms with van der Waals surface area (Å²) in [5.74, 6) is 0.0644. The maximum absolute atomic E-state index is 12.7. The summed E-state index contributed by atoms with van der Waals surface area (Å²) < 4.78 is 8.17. The smallest absolute Gasteiger partial charge is 0.253 e. The van der Waals surface area contributed by atoms with Crippen LogP contribution < -0.4 is 5.32 Å². The SMILES string of the molecule is Cc1cc(C(=O)NCCN2CC(C)OC(C)C2)c(C)n1C1CCCCC1. The molecule has 3 rings (SSSR count). The summed E-state index contributed by atoms with van der Waals surface area (Å²) in [6.07, 6.45) is 6.98. The number of aromatic nitrogens is 1. The molecule has 1 saturated heterocycles. The molecule has 26 heavy (non-hydrogen) atoms. The minimum Gasteiger partial charge on any atom is -0.373 e. The van der Waals surface area contributed by atoms with Gasteiger partial charge in [0, 0.05) is 43.6 Å². The van der Waals surface area contributed by atoms with Crippen molar-refractivity contribution in [1.29, 1.82) is 0 Å². The third-order valence-corrected chi connectivity index (χ3v) is 5.88. The average Bonchev–Trinajstić information content (AvgIpc) is 2.89. The van der Waals surface area contributed by atoms with E-state index in [0.29, 0.717) is 12.6 Å². The Bertz CT molecular complexity index is 609. The zero-order valence-electron chi connectivity index (χ0n) is 16.9. The first-order valence-electron chi connectivity index (χ1n) is 10.3. The second-order valence-corrected chi connectivity index (χ2v) is 8.22. The lowest BCUT2D eigenvalue weighted by Gasteiger charge is -2.35. The van der Waals surface area contributed by atoms with E-state index in [1.807, 2.05) is 0 Å². The van der Waals surface area contributed by atoms with Crippen molar-refractivity contribution < 1.29 is 9.53 Å². The lowest BCUT2D eigenvalue weighted by Crippen LogP contribution is -2.47. The topological polar surface area (TPSA) is 46.5 Å². The lowest BCUT2D eigenvalue weighted by atomic mass is 9.95. The standard InChI is InChI=1S/C21H35N3O2/c1-15-12-20(18(4)24(15)19-8-6-5-7-9-19)21(25)22-10-11-23-13-16(2)26-17(3)14-23/h12,16-17,19H,5-11,13-14H2,1-4H3,(H,22,25). The van der Waals surface area contributed by atoms with E-state index < -0.39 is 0 Å². The Labute approximate surface area is 158 Å². The second-order valence-electron chi connectivity index (χ2n) is 8.22. The van der Waals surface area contributed by atoms with Crippen molar-refractivity contribution in [3.8, 4) is 0 Å². The van der Waals surface area contributed by atoms with Crippen LogP contribution in [0.2, 0.25) is 0 Å². The van der Waals surface area contributed by atoms with Gasteiger partial charge in [-0.1, -0.05) is 19.3 Å². The molecule has 0 aromatic carbocycles. The molecular formula is C21H35N3O2. The van der Waals surface area contributed by atoms with Crippen molar-refractivity contribution in [3.63, 3.8) is 0 Å². The minimum atomic E-state index is 0.0644. The first-order valence-corrected chi connectivity index (χ1v) is 10.3. The molecule has 0 spiro atoms. The molecule has 2 heterocycles.